The van der Waals surface area contributed by atoms with Gasteiger partial charge in [0.15, 0.2) is 0 Å². The molecule has 0 bridgehead atoms. The lowest BCUT2D eigenvalue weighted by Gasteiger charge is -2.07. The molecule has 3 aromatic rings. The van der Waals surface area contributed by atoms with E-state index in [1.807, 2.05) is 28.9 Å². The van der Waals surface area contributed by atoms with E-state index in [4.69, 9.17) is 0 Å². The minimum Gasteiger partial charge on any atom is -0.248 e. The molecule has 21 heavy (non-hydrogen) atoms. The van der Waals surface area contributed by atoms with Crippen molar-refractivity contribution in [3.05, 3.63) is 83.7 Å². The van der Waals surface area contributed by atoms with E-state index in [-0.39, 0.29) is 0 Å². The Balaban J connectivity index is 1.67. The molecule has 0 saturated carbocycles. The van der Waals surface area contributed by atoms with Crippen LogP contribution in [0, 0.1) is 0 Å². The summed E-state index contributed by atoms with van der Waals surface area (Å²) in [6, 6.07) is 20.8. The highest BCUT2D eigenvalue weighted by Gasteiger charge is 2.11. The SMILES string of the molecule is CC(Cc1ccccc1)c1cn(Cc2ccccc2)nn1. The van der Waals surface area contributed by atoms with Crippen molar-refractivity contribution in [1.29, 1.82) is 0 Å². The van der Waals surface area contributed by atoms with Gasteiger partial charge in [-0.25, -0.2) is 4.68 Å². The van der Waals surface area contributed by atoms with E-state index in [9.17, 15) is 0 Å². The third-order valence-corrected chi connectivity index (χ3v) is 3.63. The molecule has 1 heterocycles. The molecule has 1 unspecified atom stereocenters. The van der Waals surface area contributed by atoms with Crippen molar-refractivity contribution in [1.82, 2.24) is 15.0 Å². The summed E-state index contributed by atoms with van der Waals surface area (Å²) in [7, 11) is 0. The van der Waals surface area contributed by atoms with Gasteiger partial charge in [0, 0.05) is 12.1 Å². The van der Waals surface area contributed by atoms with E-state index in [1.165, 1.54) is 11.1 Å². The number of benzene rings is 2. The number of rotatable bonds is 5. The van der Waals surface area contributed by atoms with Crippen molar-refractivity contribution in [3.63, 3.8) is 0 Å². The van der Waals surface area contributed by atoms with Gasteiger partial charge in [0.25, 0.3) is 0 Å². The van der Waals surface area contributed by atoms with Gasteiger partial charge in [-0.15, -0.1) is 5.10 Å². The zero-order chi connectivity index (χ0) is 14.5. The molecule has 0 aliphatic rings. The van der Waals surface area contributed by atoms with Crippen LogP contribution in [0.15, 0.2) is 66.9 Å². The maximum Gasteiger partial charge on any atom is 0.0858 e. The maximum atomic E-state index is 4.32. The van der Waals surface area contributed by atoms with Gasteiger partial charge in [-0.05, 0) is 17.5 Å². The lowest BCUT2D eigenvalue weighted by Crippen LogP contribution is -2.00. The normalized spacial score (nSPS) is 12.2. The Morgan fingerprint density at radius 3 is 2.19 bits per heavy atom. The van der Waals surface area contributed by atoms with Crippen LogP contribution in [0.3, 0.4) is 0 Å². The van der Waals surface area contributed by atoms with Gasteiger partial charge in [0.1, 0.15) is 0 Å². The van der Waals surface area contributed by atoms with Crippen molar-refractivity contribution in [2.45, 2.75) is 25.8 Å². The lowest BCUT2D eigenvalue weighted by molar-refractivity contribution is 0.647. The van der Waals surface area contributed by atoms with Crippen LogP contribution in [0.5, 0.6) is 0 Å². The smallest absolute Gasteiger partial charge is 0.0858 e. The van der Waals surface area contributed by atoms with Gasteiger partial charge in [-0.2, -0.15) is 0 Å². The van der Waals surface area contributed by atoms with Crippen molar-refractivity contribution in [2.24, 2.45) is 0 Å². The fourth-order valence-electron chi connectivity index (χ4n) is 2.46. The zero-order valence-electron chi connectivity index (χ0n) is 12.2. The van der Waals surface area contributed by atoms with Crippen LogP contribution < -0.4 is 0 Å². The summed E-state index contributed by atoms with van der Waals surface area (Å²) in [4.78, 5) is 0. The van der Waals surface area contributed by atoms with E-state index in [1.54, 1.807) is 0 Å². The van der Waals surface area contributed by atoms with Gasteiger partial charge in [-0.3, -0.25) is 0 Å². The van der Waals surface area contributed by atoms with Crippen LogP contribution in [-0.4, -0.2) is 15.0 Å². The molecule has 0 spiro atoms. The average molecular weight is 277 g/mol. The molecule has 0 amide bonds. The highest BCUT2D eigenvalue weighted by Crippen LogP contribution is 2.18. The minimum absolute atomic E-state index is 0.372. The Morgan fingerprint density at radius 2 is 1.52 bits per heavy atom. The van der Waals surface area contributed by atoms with E-state index < -0.39 is 0 Å². The number of nitrogens with zero attached hydrogens (tertiary/aromatic N) is 3. The predicted molar refractivity (Wildman–Crippen MR) is 84.1 cm³/mol. The van der Waals surface area contributed by atoms with Crippen LogP contribution >= 0.6 is 0 Å². The van der Waals surface area contributed by atoms with Crippen LogP contribution in [0.2, 0.25) is 0 Å². The topological polar surface area (TPSA) is 30.7 Å². The average Bonchev–Trinajstić information content (AvgIpc) is 2.98. The first-order valence-corrected chi connectivity index (χ1v) is 7.29. The van der Waals surface area contributed by atoms with Crippen LogP contribution in [0.25, 0.3) is 0 Å². The molecule has 2 aromatic carbocycles. The number of hydrogen-bond donors (Lipinski definition) is 0. The molecule has 0 radical (unpaired) electrons. The van der Waals surface area contributed by atoms with Crippen molar-refractivity contribution in [2.75, 3.05) is 0 Å². The predicted octanol–water partition coefficient (Wildman–Crippen LogP) is 3.67. The molecule has 0 aliphatic heterocycles. The molecule has 3 nitrogen and oxygen atoms in total. The molecule has 1 aromatic heterocycles. The van der Waals surface area contributed by atoms with Crippen molar-refractivity contribution < 1.29 is 0 Å². The molecule has 106 valence electrons. The van der Waals surface area contributed by atoms with Crippen molar-refractivity contribution >= 4 is 0 Å². The summed E-state index contributed by atoms with van der Waals surface area (Å²) in [6.45, 7) is 2.97. The molecular formula is C18H19N3. The molecule has 1 atom stereocenters. The molecule has 0 aliphatic carbocycles. The Bertz CT molecular complexity index is 674. The highest BCUT2D eigenvalue weighted by atomic mass is 15.4. The highest BCUT2D eigenvalue weighted by molar-refractivity contribution is 5.19. The van der Waals surface area contributed by atoms with Crippen LogP contribution in [0.4, 0.5) is 0 Å². The second-order valence-corrected chi connectivity index (χ2v) is 5.42. The Labute approximate surface area is 125 Å². The number of aromatic nitrogens is 3. The number of hydrogen-bond acceptors (Lipinski definition) is 2. The second kappa shape index (κ2) is 6.35. The summed E-state index contributed by atoms with van der Waals surface area (Å²) in [5, 5.41) is 8.56. The molecule has 3 heteroatoms. The lowest BCUT2D eigenvalue weighted by atomic mass is 9.99. The van der Waals surface area contributed by atoms with Gasteiger partial charge in [-0.1, -0.05) is 72.8 Å². The summed E-state index contributed by atoms with van der Waals surface area (Å²) in [5.74, 6) is 0.372. The minimum atomic E-state index is 0.372. The molecular weight excluding hydrogens is 258 g/mol. The first kappa shape index (κ1) is 13.6. The first-order valence-electron chi connectivity index (χ1n) is 7.29. The summed E-state index contributed by atoms with van der Waals surface area (Å²) in [5.41, 5.74) is 3.63. The van der Waals surface area contributed by atoms with Crippen LogP contribution in [0.1, 0.15) is 29.7 Å². The van der Waals surface area contributed by atoms with E-state index in [0.29, 0.717) is 5.92 Å². The van der Waals surface area contributed by atoms with E-state index in [0.717, 1.165) is 18.7 Å². The second-order valence-electron chi connectivity index (χ2n) is 5.42. The standard InChI is InChI=1S/C18H19N3/c1-15(12-16-8-4-2-5-9-16)18-14-21(20-19-18)13-17-10-6-3-7-11-17/h2-11,14-15H,12-13H2,1H3. The molecule has 0 fully saturated rings. The zero-order valence-corrected chi connectivity index (χ0v) is 12.2. The molecule has 0 saturated heterocycles. The van der Waals surface area contributed by atoms with Gasteiger partial charge < -0.3 is 0 Å². The van der Waals surface area contributed by atoms with Gasteiger partial charge >= 0.3 is 0 Å². The third kappa shape index (κ3) is 3.57. The monoisotopic (exact) mass is 277 g/mol. The summed E-state index contributed by atoms with van der Waals surface area (Å²) < 4.78 is 1.91. The van der Waals surface area contributed by atoms with Gasteiger partial charge in [0.2, 0.25) is 0 Å². The first-order chi connectivity index (χ1) is 10.3. The summed E-state index contributed by atoms with van der Waals surface area (Å²) in [6.07, 6.45) is 3.05. The Kier molecular flexibility index (Phi) is 4.10. The maximum absolute atomic E-state index is 4.32. The molecule has 0 N–H and O–H groups in total. The van der Waals surface area contributed by atoms with Crippen molar-refractivity contribution in [3.8, 4) is 0 Å². The quantitative estimate of drug-likeness (QED) is 0.712. The fraction of sp³-hybridized carbons (Fsp3) is 0.222. The fourth-order valence-corrected chi connectivity index (χ4v) is 2.46. The van der Waals surface area contributed by atoms with E-state index in [2.05, 4.69) is 59.8 Å². The largest absolute Gasteiger partial charge is 0.248 e. The Morgan fingerprint density at radius 1 is 0.905 bits per heavy atom. The van der Waals surface area contributed by atoms with Crippen LogP contribution in [-0.2, 0) is 13.0 Å². The van der Waals surface area contributed by atoms with E-state index >= 15 is 0 Å². The van der Waals surface area contributed by atoms with Gasteiger partial charge in [0.05, 0.1) is 12.2 Å². The molecule has 3 rings (SSSR count). The summed E-state index contributed by atoms with van der Waals surface area (Å²) >= 11 is 0. The third-order valence-electron chi connectivity index (χ3n) is 3.63. The Hall–Kier alpha value is -2.42.